The second-order valence-electron chi connectivity index (χ2n) is 4.04. The van der Waals surface area contributed by atoms with Crippen LogP contribution in [0.1, 0.15) is 25.3 Å². The zero-order chi connectivity index (χ0) is 9.97. The molecule has 1 aliphatic heterocycles. The van der Waals surface area contributed by atoms with E-state index in [1.54, 1.807) is 0 Å². The van der Waals surface area contributed by atoms with Gasteiger partial charge in [-0.3, -0.25) is 0 Å². The van der Waals surface area contributed by atoms with E-state index in [0.717, 1.165) is 12.5 Å². The van der Waals surface area contributed by atoms with Crippen LogP contribution < -0.4 is 5.32 Å². The molecule has 1 aliphatic rings. The van der Waals surface area contributed by atoms with Crippen LogP contribution in [0.25, 0.3) is 0 Å². The molecule has 1 heterocycles. The lowest BCUT2D eigenvalue weighted by Gasteiger charge is -2.26. The summed E-state index contributed by atoms with van der Waals surface area (Å²) < 4.78 is 1.19. The van der Waals surface area contributed by atoms with Gasteiger partial charge in [0.1, 0.15) is 0 Å². The van der Waals surface area contributed by atoms with Crippen LogP contribution in [0.4, 0.5) is 5.69 Å². The van der Waals surface area contributed by atoms with E-state index in [0.29, 0.717) is 0 Å². The topological polar surface area (TPSA) is 12.0 Å². The lowest BCUT2D eigenvalue weighted by atomic mass is 9.91. The second kappa shape index (κ2) is 4.35. The van der Waals surface area contributed by atoms with Gasteiger partial charge in [0, 0.05) is 16.7 Å². The molecule has 0 fully saturated rings. The van der Waals surface area contributed by atoms with E-state index in [1.807, 2.05) is 0 Å². The maximum Gasteiger partial charge on any atom is 0.0373 e. The Morgan fingerprint density at radius 1 is 1.50 bits per heavy atom. The number of anilines is 1. The summed E-state index contributed by atoms with van der Waals surface area (Å²) in [5.41, 5.74) is 2.78. The van der Waals surface area contributed by atoms with Crippen LogP contribution in [-0.4, -0.2) is 6.54 Å². The molecule has 1 aromatic carbocycles. The molecule has 1 atom stereocenters. The smallest absolute Gasteiger partial charge is 0.0373 e. The average molecular weight is 254 g/mol. The maximum atomic E-state index is 3.52. The van der Waals surface area contributed by atoms with E-state index < -0.39 is 0 Å². The molecule has 1 unspecified atom stereocenters. The van der Waals surface area contributed by atoms with Crippen molar-refractivity contribution in [2.24, 2.45) is 5.92 Å². The summed E-state index contributed by atoms with van der Waals surface area (Å²) in [4.78, 5) is 0. The number of nitrogens with one attached hydrogen (secondary N) is 1. The third kappa shape index (κ3) is 2.11. The summed E-state index contributed by atoms with van der Waals surface area (Å²) >= 11 is 3.52. The van der Waals surface area contributed by atoms with Gasteiger partial charge in [-0.15, -0.1) is 0 Å². The molecule has 2 rings (SSSR count). The molecule has 1 N–H and O–H groups in total. The van der Waals surface area contributed by atoms with Crippen LogP contribution >= 0.6 is 15.9 Å². The van der Waals surface area contributed by atoms with Crippen molar-refractivity contribution >= 4 is 21.6 Å². The fraction of sp³-hybridized carbons (Fsp3) is 0.500. The highest BCUT2D eigenvalue weighted by molar-refractivity contribution is 9.10. The summed E-state index contributed by atoms with van der Waals surface area (Å²) in [6.45, 7) is 3.40. The summed E-state index contributed by atoms with van der Waals surface area (Å²) in [6, 6.07) is 6.51. The Hall–Kier alpha value is -0.500. The number of halogens is 1. The predicted octanol–water partition coefficient (Wildman–Crippen LogP) is 3.83. The van der Waals surface area contributed by atoms with Gasteiger partial charge in [0.25, 0.3) is 0 Å². The van der Waals surface area contributed by atoms with E-state index >= 15 is 0 Å². The van der Waals surface area contributed by atoms with Gasteiger partial charge in [-0.05, 0) is 42.5 Å². The largest absolute Gasteiger partial charge is 0.385 e. The van der Waals surface area contributed by atoms with Crippen molar-refractivity contribution in [2.75, 3.05) is 11.9 Å². The van der Waals surface area contributed by atoms with Crippen molar-refractivity contribution in [3.63, 3.8) is 0 Å². The Morgan fingerprint density at radius 2 is 2.36 bits per heavy atom. The summed E-state index contributed by atoms with van der Waals surface area (Å²) in [5.74, 6) is 0.821. The monoisotopic (exact) mass is 253 g/mol. The third-order valence-corrected chi connectivity index (χ3v) is 3.35. The second-order valence-corrected chi connectivity index (χ2v) is 4.96. The number of benzene rings is 1. The number of hydrogen-bond acceptors (Lipinski definition) is 1. The van der Waals surface area contributed by atoms with E-state index in [9.17, 15) is 0 Å². The average Bonchev–Trinajstić information content (AvgIpc) is 2.17. The van der Waals surface area contributed by atoms with Crippen molar-refractivity contribution in [1.82, 2.24) is 0 Å². The Morgan fingerprint density at radius 3 is 3.14 bits per heavy atom. The molecule has 0 saturated heterocycles. The lowest BCUT2D eigenvalue weighted by Crippen LogP contribution is -2.22. The molecule has 0 aliphatic carbocycles. The highest BCUT2D eigenvalue weighted by Gasteiger charge is 2.17. The van der Waals surface area contributed by atoms with Crippen LogP contribution in [0.2, 0.25) is 0 Å². The minimum absolute atomic E-state index is 0.821. The van der Waals surface area contributed by atoms with E-state index in [2.05, 4.69) is 46.4 Å². The lowest BCUT2D eigenvalue weighted by molar-refractivity contribution is 0.489. The highest BCUT2D eigenvalue weighted by Crippen LogP contribution is 2.29. The van der Waals surface area contributed by atoms with E-state index in [4.69, 9.17) is 0 Å². The third-order valence-electron chi connectivity index (χ3n) is 2.85. The minimum Gasteiger partial charge on any atom is -0.385 e. The van der Waals surface area contributed by atoms with Crippen molar-refractivity contribution in [1.29, 1.82) is 0 Å². The van der Waals surface area contributed by atoms with E-state index in [1.165, 1.54) is 35.0 Å². The van der Waals surface area contributed by atoms with Crippen molar-refractivity contribution in [3.05, 3.63) is 28.2 Å². The zero-order valence-electron chi connectivity index (χ0n) is 8.52. The molecule has 0 bridgehead atoms. The van der Waals surface area contributed by atoms with Gasteiger partial charge in [0.05, 0.1) is 0 Å². The highest BCUT2D eigenvalue weighted by atomic mass is 79.9. The summed E-state index contributed by atoms with van der Waals surface area (Å²) in [5, 5.41) is 3.50. The van der Waals surface area contributed by atoms with Crippen LogP contribution in [0.5, 0.6) is 0 Å². The molecule has 0 spiro atoms. The normalized spacial score (nSPS) is 20.0. The Kier molecular flexibility index (Phi) is 3.12. The fourth-order valence-corrected chi connectivity index (χ4v) is 2.56. The summed E-state index contributed by atoms with van der Waals surface area (Å²) in [7, 11) is 0. The summed E-state index contributed by atoms with van der Waals surface area (Å²) in [6.07, 6.45) is 3.85. The molecule has 2 heteroatoms. The number of rotatable bonds is 2. The first-order valence-electron chi connectivity index (χ1n) is 5.32. The number of fused-ring (bicyclic) bond motifs is 1. The van der Waals surface area contributed by atoms with Gasteiger partial charge < -0.3 is 5.32 Å². The standard InChI is InChI=1S/C12H16BrN/c1-2-3-9-6-10-7-11(13)4-5-12(10)14-8-9/h4-5,7,9,14H,2-3,6,8H2,1H3. The van der Waals surface area contributed by atoms with Crippen LogP contribution in [0, 0.1) is 5.92 Å². The SMILES string of the molecule is CCCC1CNc2ccc(Br)cc2C1. The van der Waals surface area contributed by atoms with Gasteiger partial charge in [0.15, 0.2) is 0 Å². The molecule has 14 heavy (non-hydrogen) atoms. The van der Waals surface area contributed by atoms with Gasteiger partial charge >= 0.3 is 0 Å². The first kappa shape index (κ1) is 10.0. The minimum atomic E-state index is 0.821. The molecular formula is C12H16BrN. The first-order valence-corrected chi connectivity index (χ1v) is 6.11. The zero-order valence-corrected chi connectivity index (χ0v) is 10.1. The Bertz CT molecular complexity index is 322. The maximum absolute atomic E-state index is 3.52. The Balaban J connectivity index is 2.16. The molecule has 0 saturated carbocycles. The quantitative estimate of drug-likeness (QED) is 0.845. The predicted molar refractivity (Wildman–Crippen MR) is 64.7 cm³/mol. The molecule has 0 amide bonds. The molecule has 1 nitrogen and oxygen atoms in total. The van der Waals surface area contributed by atoms with Crippen LogP contribution in [0.15, 0.2) is 22.7 Å². The first-order chi connectivity index (χ1) is 6.79. The molecule has 76 valence electrons. The number of hydrogen-bond donors (Lipinski definition) is 1. The Labute approximate surface area is 94.0 Å². The van der Waals surface area contributed by atoms with Gasteiger partial charge in [0.2, 0.25) is 0 Å². The van der Waals surface area contributed by atoms with Gasteiger partial charge in [-0.2, -0.15) is 0 Å². The van der Waals surface area contributed by atoms with Crippen LogP contribution in [0.3, 0.4) is 0 Å². The molecular weight excluding hydrogens is 238 g/mol. The van der Waals surface area contributed by atoms with Crippen molar-refractivity contribution < 1.29 is 0 Å². The molecule has 0 aromatic heterocycles. The molecule has 1 aromatic rings. The fourth-order valence-electron chi connectivity index (χ4n) is 2.15. The van der Waals surface area contributed by atoms with E-state index in [-0.39, 0.29) is 0 Å². The van der Waals surface area contributed by atoms with Gasteiger partial charge in [-0.25, -0.2) is 0 Å². The van der Waals surface area contributed by atoms with Crippen LogP contribution in [-0.2, 0) is 6.42 Å². The van der Waals surface area contributed by atoms with Gasteiger partial charge in [-0.1, -0.05) is 29.3 Å². The van der Waals surface area contributed by atoms with Crippen molar-refractivity contribution in [3.8, 4) is 0 Å². The van der Waals surface area contributed by atoms with Crippen molar-refractivity contribution in [2.45, 2.75) is 26.2 Å². The molecule has 0 radical (unpaired) electrons.